The molecular weight excluding hydrogens is 266 g/mol. The highest BCUT2D eigenvalue weighted by Gasteiger charge is 2.38. The Morgan fingerprint density at radius 1 is 1.00 bits per heavy atom. The number of anilines is 1. The van der Waals surface area contributed by atoms with E-state index in [4.69, 9.17) is 11.6 Å². The van der Waals surface area contributed by atoms with Gasteiger partial charge in [0.2, 0.25) is 0 Å². The molecule has 3 atom stereocenters. The number of hydrogen-bond acceptors (Lipinski definition) is 1. The normalized spacial score (nSPS) is 26.8. The van der Waals surface area contributed by atoms with Crippen LogP contribution >= 0.6 is 11.6 Å². The first-order chi connectivity index (χ1) is 9.84. The fourth-order valence-electron chi connectivity index (χ4n) is 3.57. The topological polar surface area (TPSA) is 12.0 Å². The molecule has 0 aromatic heterocycles. The van der Waals surface area contributed by atoms with Gasteiger partial charge in [-0.15, -0.1) is 0 Å². The first kappa shape index (κ1) is 12.0. The van der Waals surface area contributed by atoms with E-state index in [2.05, 4.69) is 59.9 Å². The first-order valence-corrected chi connectivity index (χ1v) is 7.49. The highest BCUT2D eigenvalue weighted by Crippen LogP contribution is 2.51. The van der Waals surface area contributed by atoms with E-state index in [1.165, 1.54) is 11.1 Å². The molecule has 0 amide bonds. The van der Waals surface area contributed by atoms with E-state index in [-0.39, 0.29) is 0 Å². The van der Waals surface area contributed by atoms with E-state index in [9.17, 15) is 0 Å². The van der Waals surface area contributed by atoms with Gasteiger partial charge in [0.25, 0.3) is 0 Å². The Kier molecular flexibility index (Phi) is 2.82. The van der Waals surface area contributed by atoms with Crippen LogP contribution in [0.5, 0.6) is 0 Å². The fraction of sp³-hybridized carbons (Fsp3) is 0.222. The third-order valence-electron chi connectivity index (χ3n) is 4.50. The van der Waals surface area contributed by atoms with Gasteiger partial charge in [-0.3, -0.25) is 0 Å². The van der Waals surface area contributed by atoms with E-state index in [1.54, 1.807) is 0 Å². The molecule has 1 nitrogen and oxygen atoms in total. The van der Waals surface area contributed by atoms with E-state index >= 15 is 0 Å². The predicted molar refractivity (Wildman–Crippen MR) is 84.2 cm³/mol. The second-order valence-corrected chi connectivity index (χ2v) is 6.00. The second kappa shape index (κ2) is 4.68. The maximum absolute atomic E-state index is 6.40. The van der Waals surface area contributed by atoms with E-state index in [0.29, 0.717) is 17.9 Å². The molecule has 100 valence electrons. The minimum atomic E-state index is 0.337. The minimum absolute atomic E-state index is 0.337. The summed E-state index contributed by atoms with van der Waals surface area (Å²) in [6.45, 7) is 0. The van der Waals surface area contributed by atoms with Gasteiger partial charge in [-0.2, -0.15) is 0 Å². The van der Waals surface area contributed by atoms with Gasteiger partial charge in [0.15, 0.2) is 0 Å². The van der Waals surface area contributed by atoms with Crippen LogP contribution in [0.3, 0.4) is 0 Å². The molecule has 1 aliphatic carbocycles. The van der Waals surface area contributed by atoms with Gasteiger partial charge in [0.05, 0.1) is 16.8 Å². The zero-order valence-corrected chi connectivity index (χ0v) is 11.8. The highest BCUT2D eigenvalue weighted by atomic mass is 35.5. The molecule has 1 aliphatic heterocycles. The summed E-state index contributed by atoms with van der Waals surface area (Å²) in [4.78, 5) is 0. The van der Waals surface area contributed by atoms with Crippen molar-refractivity contribution in [1.29, 1.82) is 0 Å². The number of allylic oxidation sites excluding steroid dienone is 2. The van der Waals surface area contributed by atoms with Crippen molar-refractivity contribution < 1.29 is 0 Å². The van der Waals surface area contributed by atoms with Crippen molar-refractivity contribution in [2.75, 3.05) is 5.32 Å². The van der Waals surface area contributed by atoms with Crippen LogP contribution in [0.15, 0.2) is 60.7 Å². The standard InChI is InChI=1S/C18H16ClN/c19-16-11-5-10-15-13-8-4-9-14(13)17(20-18(15)16)12-6-2-1-3-7-12/h1-8,10-11,13-14,17,20H,9H2. The van der Waals surface area contributed by atoms with Gasteiger partial charge >= 0.3 is 0 Å². The quantitative estimate of drug-likeness (QED) is 0.711. The molecular formula is C18H16ClN. The van der Waals surface area contributed by atoms with Crippen LogP contribution in [0.1, 0.15) is 29.5 Å². The zero-order chi connectivity index (χ0) is 13.5. The van der Waals surface area contributed by atoms with Crippen molar-refractivity contribution in [3.05, 3.63) is 76.8 Å². The monoisotopic (exact) mass is 281 g/mol. The van der Waals surface area contributed by atoms with Crippen molar-refractivity contribution in [1.82, 2.24) is 0 Å². The molecule has 2 aromatic carbocycles. The molecule has 0 spiro atoms. The number of halogens is 1. The molecule has 20 heavy (non-hydrogen) atoms. The molecule has 1 N–H and O–H groups in total. The van der Waals surface area contributed by atoms with Gasteiger partial charge in [-0.25, -0.2) is 0 Å². The van der Waals surface area contributed by atoms with E-state index in [0.717, 1.165) is 17.1 Å². The summed E-state index contributed by atoms with van der Waals surface area (Å²) < 4.78 is 0. The zero-order valence-electron chi connectivity index (χ0n) is 11.1. The SMILES string of the molecule is Clc1cccc2c1NC(c1ccccc1)C1CC=CC21. The van der Waals surface area contributed by atoms with Gasteiger partial charge in [-0.05, 0) is 29.5 Å². The van der Waals surface area contributed by atoms with Gasteiger partial charge in [0.1, 0.15) is 0 Å². The van der Waals surface area contributed by atoms with Crippen molar-refractivity contribution in [2.45, 2.75) is 18.4 Å². The van der Waals surface area contributed by atoms with E-state index in [1.807, 2.05) is 6.07 Å². The minimum Gasteiger partial charge on any atom is -0.376 e. The van der Waals surface area contributed by atoms with Gasteiger partial charge < -0.3 is 5.32 Å². The summed E-state index contributed by atoms with van der Waals surface area (Å²) in [6.07, 6.45) is 5.78. The Morgan fingerprint density at radius 3 is 2.70 bits per heavy atom. The Hall–Kier alpha value is -1.73. The lowest BCUT2D eigenvalue weighted by Crippen LogP contribution is -2.29. The summed E-state index contributed by atoms with van der Waals surface area (Å²) >= 11 is 6.40. The number of nitrogens with one attached hydrogen (secondary N) is 1. The van der Waals surface area contributed by atoms with Crippen LogP contribution in [0.4, 0.5) is 5.69 Å². The summed E-state index contributed by atoms with van der Waals surface area (Å²) in [5.41, 5.74) is 3.79. The maximum Gasteiger partial charge on any atom is 0.0640 e. The van der Waals surface area contributed by atoms with E-state index < -0.39 is 0 Å². The molecule has 2 heteroatoms. The molecule has 3 unspecified atom stereocenters. The van der Waals surface area contributed by atoms with Crippen molar-refractivity contribution in [2.24, 2.45) is 5.92 Å². The molecule has 0 fully saturated rings. The van der Waals surface area contributed by atoms with Crippen LogP contribution in [0.25, 0.3) is 0 Å². The lowest BCUT2D eigenvalue weighted by molar-refractivity contribution is 0.425. The molecule has 4 rings (SSSR count). The first-order valence-electron chi connectivity index (χ1n) is 7.11. The Morgan fingerprint density at radius 2 is 1.85 bits per heavy atom. The van der Waals surface area contributed by atoms with Gasteiger partial charge in [0, 0.05) is 5.92 Å². The summed E-state index contributed by atoms with van der Waals surface area (Å²) in [7, 11) is 0. The molecule has 1 heterocycles. The number of benzene rings is 2. The van der Waals surface area contributed by atoms with Crippen LogP contribution in [-0.4, -0.2) is 0 Å². The van der Waals surface area contributed by atoms with Crippen LogP contribution in [0, 0.1) is 5.92 Å². The Bertz CT molecular complexity index is 662. The molecule has 0 bridgehead atoms. The number of rotatable bonds is 1. The molecule has 2 aromatic rings. The third-order valence-corrected chi connectivity index (χ3v) is 4.82. The lowest BCUT2D eigenvalue weighted by atomic mass is 9.77. The molecule has 0 radical (unpaired) electrons. The second-order valence-electron chi connectivity index (χ2n) is 5.59. The molecule has 0 saturated carbocycles. The number of hydrogen-bond donors (Lipinski definition) is 1. The summed E-state index contributed by atoms with van der Waals surface area (Å²) in [6, 6.07) is 17.2. The van der Waals surface area contributed by atoms with Crippen LogP contribution in [-0.2, 0) is 0 Å². The maximum atomic E-state index is 6.40. The Labute approximate surface area is 124 Å². The predicted octanol–water partition coefficient (Wildman–Crippen LogP) is 5.17. The fourth-order valence-corrected chi connectivity index (χ4v) is 3.81. The lowest BCUT2D eigenvalue weighted by Gasteiger charge is -2.38. The smallest absolute Gasteiger partial charge is 0.0640 e. The average Bonchev–Trinajstić information content (AvgIpc) is 2.97. The van der Waals surface area contributed by atoms with Crippen LogP contribution in [0.2, 0.25) is 5.02 Å². The van der Waals surface area contributed by atoms with Gasteiger partial charge in [-0.1, -0.05) is 66.2 Å². The largest absolute Gasteiger partial charge is 0.376 e. The van der Waals surface area contributed by atoms with Crippen molar-refractivity contribution in [3.8, 4) is 0 Å². The third kappa shape index (κ3) is 1.77. The Balaban J connectivity index is 1.83. The molecule has 2 aliphatic rings. The average molecular weight is 282 g/mol. The van der Waals surface area contributed by atoms with Crippen molar-refractivity contribution >= 4 is 17.3 Å². The van der Waals surface area contributed by atoms with Crippen LogP contribution < -0.4 is 5.32 Å². The summed E-state index contributed by atoms with van der Waals surface area (Å²) in [5, 5.41) is 4.50. The molecule has 0 saturated heterocycles. The van der Waals surface area contributed by atoms with Crippen molar-refractivity contribution in [3.63, 3.8) is 0 Å². The number of para-hydroxylation sites is 1. The highest BCUT2D eigenvalue weighted by molar-refractivity contribution is 6.33. The summed E-state index contributed by atoms with van der Waals surface area (Å²) in [5.74, 6) is 1.07. The number of fused-ring (bicyclic) bond motifs is 3.